The van der Waals surface area contributed by atoms with Crippen LogP contribution in [0.25, 0.3) is 0 Å². The van der Waals surface area contributed by atoms with Gasteiger partial charge in [0, 0.05) is 22.7 Å². The summed E-state index contributed by atoms with van der Waals surface area (Å²) in [5.74, 6) is 1.91. The lowest BCUT2D eigenvalue weighted by Crippen LogP contribution is -2.10. The fourth-order valence-corrected chi connectivity index (χ4v) is 2.85. The van der Waals surface area contributed by atoms with E-state index in [0.29, 0.717) is 11.8 Å². The summed E-state index contributed by atoms with van der Waals surface area (Å²) in [4.78, 5) is 4.20. The number of rotatable bonds is 6. The normalized spacial score (nSPS) is 12.2. The Morgan fingerprint density at radius 3 is 2.70 bits per heavy atom. The van der Waals surface area contributed by atoms with Crippen molar-refractivity contribution in [2.75, 3.05) is 13.0 Å². The SMILES string of the molecule is COc1cccc(CC(CCl)Cc2cncc(Br)c2)c1. The molecule has 0 aliphatic carbocycles. The minimum atomic E-state index is 0.389. The summed E-state index contributed by atoms with van der Waals surface area (Å²) in [7, 11) is 1.69. The van der Waals surface area contributed by atoms with Crippen molar-refractivity contribution in [3.63, 3.8) is 0 Å². The van der Waals surface area contributed by atoms with Crippen LogP contribution >= 0.6 is 27.5 Å². The topological polar surface area (TPSA) is 22.1 Å². The standard InChI is InChI=1S/C16H17BrClNO/c1-20-16-4-2-3-12(8-16)5-13(9-18)6-14-7-15(17)11-19-10-14/h2-4,7-8,10-11,13H,5-6,9H2,1H3. The average Bonchev–Trinajstić information content (AvgIpc) is 2.47. The van der Waals surface area contributed by atoms with Crippen molar-refractivity contribution in [3.05, 3.63) is 58.3 Å². The number of hydrogen-bond donors (Lipinski definition) is 0. The summed E-state index contributed by atoms with van der Waals surface area (Å²) in [5, 5.41) is 0. The van der Waals surface area contributed by atoms with Gasteiger partial charge in [-0.25, -0.2) is 0 Å². The van der Waals surface area contributed by atoms with Crippen molar-refractivity contribution in [2.24, 2.45) is 5.92 Å². The Bertz CT molecular complexity index is 562. The van der Waals surface area contributed by atoms with Gasteiger partial charge in [-0.3, -0.25) is 4.98 Å². The molecule has 4 heteroatoms. The lowest BCUT2D eigenvalue weighted by molar-refractivity contribution is 0.414. The molecule has 1 atom stereocenters. The highest BCUT2D eigenvalue weighted by Gasteiger charge is 2.11. The molecular formula is C16H17BrClNO. The van der Waals surface area contributed by atoms with Gasteiger partial charge in [-0.1, -0.05) is 12.1 Å². The van der Waals surface area contributed by atoms with Gasteiger partial charge in [0.05, 0.1) is 7.11 Å². The van der Waals surface area contributed by atoms with Crippen molar-refractivity contribution in [3.8, 4) is 5.75 Å². The molecule has 2 nitrogen and oxygen atoms in total. The summed E-state index contributed by atoms with van der Waals surface area (Å²) in [5.41, 5.74) is 2.45. The third kappa shape index (κ3) is 4.50. The van der Waals surface area contributed by atoms with Crippen molar-refractivity contribution in [1.82, 2.24) is 4.98 Å². The fourth-order valence-electron chi connectivity index (χ4n) is 2.21. The highest BCUT2D eigenvalue weighted by Crippen LogP contribution is 2.20. The Morgan fingerprint density at radius 1 is 1.20 bits per heavy atom. The molecule has 2 aromatic rings. The number of methoxy groups -OCH3 is 1. The van der Waals surface area contributed by atoms with Gasteiger partial charge >= 0.3 is 0 Å². The summed E-state index contributed by atoms with van der Waals surface area (Å²) in [6.45, 7) is 0. The monoisotopic (exact) mass is 353 g/mol. The van der Waals surface area contributed by atoms with E-state index in [9.17, 15) is 0 Å². The van der Waals surface area contributed by atoms with Crippen LogP contribution in [0.4, 0.5) is 0 Å². The van der Waals surface area contributed by atoms with E-state index in [2.05, 4.69) is 39.1 Å². The largest absolute Gasteiger partial charge is 0.497 e. The molecule has 1 aromatic carbocycles. The number of halogens is 2. The molecule has 0 aliphatic rings. The summed E-state index contributed by atoms with van der Waals surface area (Å²) < 4.78 is 6.26. The number of aromatic nitrogens is 1. The molecule has 1 unspecified atom stereocenters. The lowest BCUT2D eigenvalue weighted by atomic mass is 9.95. The molecule has 0 saturated heterocycles. The van der Waals surface area contributed by atoms with Crippen molar-refractivity contribution < 1.29 is 4.74 Å². The van der Waals surface area contributed by atoms with Crippen molar-refractivity contribution in [1.29, 1.82) is 0 Å². The van der Waals surface area contributed by atoms with Gasteiger partial charge in [0.1, 0.15) is 5.75 Å². The van der Waals surface area contributed by atoms with Crippen LogP contribution in [0.5, 0.6) is 5.75 Å². The van der Waals surface area contributed by atoms with E-state index >= 15 is 0 Å². The van der Waals surface area contributed by atoms with Gasteiger partial charge in [0.2, 0.25) is 0 Å². The highest BCUT2D eigenvalue weighted by atomic mass is 79.9. The van der Waals surface area contributed by atoms with E-state index in [0.717, 1.165) is 23.1 Å². The van der Waals surface area contributed by atoms with Gasteiger partial charge < -0.3 is 4.74 Å². The van der Waals surface area contributed by atoms with Crippen LogP contribution in [-0.2, 0) is 12.8 Å². The minimum absolute atomic E-state index is 0.389. The molecule has 0 amide bonds. The number of nitrogens with zero attached hydrogens (tertiary/aromatic N) is 1. The van der Waals surface area contributed by atoms with Crippen molar-refractivity contribution >= 4 is 27.5 Å². The molecule has 20 heavy (non-hydrogen) atoms. The lowest BCUT2D eigenvalue weighted by Gasteiger charge is -2.14. The van der Waals surface area contributed by atoms with Gasteiger partial charge in [0.25, 0.3) is 0 Å². The zero-order chi connectivity index (χ0) is 14.4. The smallest absolute Gasteiger partial charge is 0.119 e. The van der Waals surface area contributed by atoms with Crippen LogP contribution in [0.3, 0.4) is 0 Å². The van der Waals surface area contributed by atoms with E-state index in [1.165, 1.54) is 11.1 Å². The molecule has 0 N–H and O–H groups in total. The van der Waals surface area contributed by atoms with Crippen molar-refractivity contribution in [2.45, 2.75) is 12.8 Å². The van der Waals surface area contributed by atoms with Crippen LogP contribution in [0.1, 0.15) is 11.1 Å². The minimum Gasteiger partial charge on any atom is -0.497 e. The zero-order valence-corrected chi connectivity index (χ0v) is 13.7. The zero-order valence-electron chi connectivity index (χ0n) is 11.4. The Balaban J connectivity index is 2.05. The number of benzene rings is 1. The fraction of sp³-hybridized carbons (Fsp3) is 0.312. The second kappa shape index (κ2) is 7.65. The summed E-state index contributed by atoms with van der Waals surface area (Å²) in [6, 6.07) is 10.2. The van der Waals surface area contributed by atoms with E-state index in [4.69, 9.17) is 16.3 Å². The first-order valence-electron chi connectivity index (χ1n) is 6.49. The van der Waals surface area contributed by atoms with Crippen LogP contribution in [-0.4, -0.2) is 18.0 Å². The number of ether oxygens (including phenoxy) is 1. The molecule has 0 bridgehead atoms. The Morgan fingerprint density at radius 2 is 2.00 bits per heavy atom. The molecule has 0 fully saturated rings. The first-order valence-corrected chi connectivity index (χ1v) is 7.82. The number of hydrogen-bond acceptors (Lipinski definition) is 2. The quantitative estimate of drug-likeness (QED) is 0.713. The van der Waals surface area contributed by atoms with Crippen LogP contribution < -0.4 is 4.74 Å². The molecule has 1 aromatic heterocycles. The third-order valence-electron chi connectivity index (χ3n) is 3.16. The van der Waals surface area contributed by atoms with Gasteiger partial charge in [-0.05, 0) is 64.0 Å². The molecule has 1 heterocycles. The Kier molecular flexibility index (Phi) is 5.86. The van der Waals surface area contributed by atoms with Gasteiger partial charge in [-0.2, -0.15) is 0 Å². The molecule has 106 valence electrons. The molecule has 2 rings (SSSR count). The van der Waals surface area contributed by atoms with Gasteiger partial charge in [0.15, 0.2) is 0 Å². The number of alkyl halides is 1. The molecule has 0 radical (unpaired) electrons. The Hall–Kier alpha value is -1.06. The molecular weight excluding hydrogens is 338 g/mol. The predicted molar refractivity (Wildman–Crippen MR) is 86.5 cm³/mol. The average molecular weight is 355 g/mol. The molecule has 0 aliphatic heterocycles. The van der Waals surface area contributed by atoms with E-state index < -0.39 is 0 Å². The second-order valence-corrected chi connectivity index (χ2v) is 6.02. The maximum Gasteiger partial charge on any atom is 0.119 e. The van der Waals surface area contributed by atoms with E-state index in [1.54, 1.807) is 13.3 Å². The predicted octanol–water partition coefficient (Wildman–Crippen LogP) is 4.49. The van der Waals surface area contributed by atoms with Crippen LogP contribution in [0, 0.1) is 5.92 Å². The van der Waals surface area contributed by atoms with E-state index in [1.807, 2.05) is 18.3 Å². The van der Waals surface area contributed by atoms with Crippen LogP contribution in [0.15, 0.2) is 47.2 Å². The maximum absolute atomic E-state index is 6.12. The Labute approximate surface area is 133 Å². The molecule has 0 spiro atoms. The van der Waals surface area contributed by atoms with Crippen LogP contribution in [0.2, 0.25) is 0 Å². The molecule has 0 saturated carbocycles. The second-order valence-electron chi connectivity index (χ2n) is 4.79. The van der Waals surface area contributed by atoms with E-state index in [-0.39, 0.29) is 0 Å². The first kappa shape index (κ1) is 15.3. The number of pyridine rings is 1. The summed E-state index contributed by atoms with van der Waals surface area (Å²) in [6.07, 6.45) is 5.55. The first-order chi connectivity index (χ1) is 9.71. The third-order valence-corrected chi connectivity index (χ3v) is 4.03. The highest BCUT2D eigenvalue weighted by molar-refractivity contribution is 9.10. The van der Waals surface area contributed by atoms with Gasteiger partial charge in [-0.15, -0.1) is 11.6 Å². The maximum atomic E-state index is 6.12. The summed E-state index contributed by atoms with van der Waals surface area (Å²) >= 11 is 9.57.